The molecule has 0 amide bonds. The average Bonchev–Trinajstić information content (AvgIpc) is 3.37. The number of fused-ring (bicyclic) bond motifs is 1. The summed E-state index contributed by atoms with van der Waals surface area (Å²) in [7, 11) is 1.65. The third kappa shape index (κ3) is 3.45. The lowest BCUT2D eigenvalue weighted by molar-refractivity contribution is 0.127. The normalized spacial score (nSPS) is 13.6. The highest BCUT2D eigenvalue weighted by Crippen LogP contribution is 2.29. The van der Waals surface area contributed by atoms with E-state index in [0.717, 1.165) is 38.9 Å². The number of H-pyrrole nitrogens is 2. The number of aliphatic hydroxyl groups excluding tert-OH is 1. The van der Waals surface area contributed by atoms with Crippen molar-refractivity contribution in [2.45, 2.75) is 19.2 Å². The van der Waals surface area contributed by atoms with Crippen molar-refractivity contribution in [3.8, 4) is 16.9 Å². The maximum Gasteiger partial charge on any atom is 0.133 e. The molecule has 6 heteroatoms. The van der Waals surface area contributed by atoms with Crippen molar-refractivity contribution in [3.63, 3.8) is 0 Å². The molecule has 2 atom stereocenters. The van der Waals surface area contributed by atoms with Gasteiger partial charge in [0, 0.05) is 40.5 Å². The molecule has 4 N–H and O–H groups in total. The summed E-state index contributed by atoms with van der Waals surface area (Å²) in [5, 5.41) is 21.8. The molecule has 2 unspecified atom stereocenters. The zero-order valence-corrected chi connectivity index (χ0v) is 15.2. The Morgan fingerprint density at radius 1 is 1.11 bits per heavy atom. The zero-order valence-electron chi connectivity index (χ0n) is 15.2. The van der Waals surface area contributed by atoms with Crippen molar-refractivity contribution in [1.82, 2.24) is 20.5 Å². The number of nitrogens with one attached hydrogen (secondary N) is 3. The van der Waals surface area contributed by atoms with Crippen LogP contribution >= 0.6 is 0 Å². The highest BCUT2D eigenvalue weighted by molar-refractivity contribution is 5.87. The standard InChI is InChI=1S/C21H22N4O2/c1-13(14-4-3-5-17(8-14)27-2)25-21(26)19-12-22-20-9-15(6-7-18(19)20)16-10-23-24-11-16/h3-13,21-22,25-26H,1-2H3,(H,23,24). The second-order valence-corrected chi connectivity index (χ2v) is 6.56. The van der Waals surface area contributed by atoms with Crippen LogP contribution in [-0.2, 0) is 0 Å². The Morgan fingerprint density at radius 3 is 2.78 bits per heavy atom. The van der Waals surface area contributed by atoms with E-state index >= 15 is 0 Å². The fourth-order valence-corrected chi connectivity index (χ4v) is 3.30. The predicted molar refractivity (Wildman–Crippen MR) is 105 cm³/mol. The van der Waals surface area contributed by atoms with E-state index in [1.165, 1.54) is 0 Å². The molecule has 0 saturated heterocycles. The molecule has 0 fully saturated rings. The molecule has 2 heterocycles. The van der Waals surface area contributed by atoms with Crippen molar-refractivity contribution in [2.75, 3.05) is 7.11 Å². The maximum absolute atomic E-state index is 10.7. The Labute approximate surface area is 157 Å². The van der Waals surface area contributed by atoms with Crippen LogP contribution < -0.4 is 10.1 Å². The molecule has 0 spiro atoms. The van der Waals surface area contributed by atoms with E-state index in [2.05, 4.69) is 26.6 Å². The molecule has 27 heavy (non-hydrogen) atoms. The van der Waals surface area contributed by atoms with Crippen LogP contribution in [0.2, 0.25) is 0 Å². The van der Waals surface area contributed by atoms with Gasteiger partial charge in [-0.1, -0.05) is 24.3 Å². The van der Waals surface area contributed by atoms with Crippen molar-refractivity contribution in [1.29, 1.82) is 0 Å². The lowest BCUT2D eigenvalue weighted by atomic mass is 10.0. The van der Waals surface area contributed by atoms with Crippen LogP contribution in [0, 0.1) is 0 Å². The van der Waals surface area contributed by atoms with Gasteiger partial charge >= 0.3 is 0 Å². The highest BCUT2D eigenvalue weighted by Gasteiger charge is 2.17. The zero-order chi connectivity index (χ0) is 18.8. The van der Waals surface area contributed by atoms with Gasteiger partial charge in [-0.2, -0.15) is 5.10 Å². The predicted octanol–water partition coefficient (Wildman–Crippen LogP) is 3.91. The summed E-state index contributed by atoms with van der Waals surface area (Å²) in [4.78, 5) is 3.25. The first-order valence-electron chi connectivity index (χ1n) is 8.84. The van der Waals surface area contributed by atoms with Crippen LogP contribution in [-0.4, -0.2) is 27.4 Å². The molecular formula is C21H22N4O2. The summed E-state index contributed by atoms with van der Waals surface area (Å²) >= 11 is 0. The highest BCUT2D eigenvalue weighted by atomic mass is 16.5. The SMILES string of the molecule is COc1cccc(C(C)NC(O)c2c[nH]c3cc(-c4cn[nH]c4)ccc23)c1. The molecule has 0 bridgehead atoms. The van der Waals surface area contributed by atoms with Gasteiger partial charge in [0.15, 0.2) is 0 Å². The summed E-state index contributed by atoms with van der Waals surface area (Å²) in [6, 6.07) is 13.9. The average molecular weight is 362 g/mol. The first-order valence-corrected chi connectivity index (χ1v) is 8.84. The van der Waals surface area contributed by atoms with Crippen LogP contribution in [0.25, 0.3) is 22.0 Å². The molecule has 2 aromatic heterocycles. The third-order valence-electron chi connectivity index (χ3n) is 4.84. The van der Waals surface area contributed by atoms with E-state index in [4.69, 9.17) is 4.74 Å². The Kier molecular flexibility index (Phi) is 4.66. The van der Waals surface area contributed by atoms with Crippen molar-refractivity contribution in [2.24, 2.45) is 0 Å². The summed E-state index contributed by atoms with van der Waals surface area (Å²) in [6.07, 6.45) is 4.70. The molecule has 0 saturated carbocycles. The van der Waals surface area contributed by atoms with Crippen molar-refractivity contribution in [3.05, 3.63) is 72.2 Å². The number of rotatable bonds is 6. The van der Waals surface area contributed by atoms with Gasteiger partial charge in [0.25, 0.3) is 0 Å². The molecule has 6 nitrogen and oxygen atoms in total. The van der Waals surface area contributed by atoms with Gasteiger partial charge in [0.1, 0.15) is 12.0 Å². The van der Waals surface area contributed by atoms with E-state index < -0.39 is 6.23 Å². The van der Waals surface area contributed by atoms with E-state index in [1.54, 1.807) is 13.3 Å². The van der Waals surface area contributed by atoms with Gasteiger partial charge in [-0.15, -0.1) is 0 Å². The Hall–Kier alpha value is -3.09. The van der Waals surface area contributed by atoms with Crippen LogP contribution in [0.1, 0.15) is 30.3 Å². The number of hydrogen-bond acceptors (Lipinski definition) is 4. The number of methoxy groups -OCH3 is 1. The van der Waals surface area contributed by atoms with Crippen molar-refractivity contribution < 1.29 is 9.84 Å². The fourth-order valence-electron chi connectivity index (χ4n) is 3.30. The van der Waals surface area contributed by atoms with E-state index in [9.17, 15) is 5.11 Å². The summed E-state index contributed by atoms with van der Waals surface area (Å²) in [5.74, 6) is 0.800. The largest absolute Gasteiger partial charge is 0.497 e. The van der Waals surface area contributed by atoms with Crippen LogP contribution in [0.3, 0.4) is 0 Å². The number of aromatic nitrogens is 3. The van der Waals surface area contributed by atoms with Crippen LogP contribution in [0.4, 0.5) is 0 Å². The Bertz CT molecular complexity index is 1040. The number of aliphatic hydroxyl groups is 1. The molecule has 0 aliphatic rings. The van der Waals surface area contributed by atoms with Crippen molar-refractivity contribution >= 4 is 10.9 Å². The van der Waals surface area contributed by atoms with Crippen LogP contribution in [0.15, 0.2) is 61.1 Å². The topological polar surface area (TPSA) is 86.0 Å². The van der Waals surface area contributed by atoms with E-state index in [-0.39, 0.29) is 6.04 Å². The molecule has 138 valence electrons. The number of nitrogens with zero attached hydrogens (tertiary/aromatic N) is 1. The lowest BCUT2D eigenvalue weighted by Crippen LogP contribution is -2.24. The molecule has 0 radical (unpaired) electrons. The molecule has 0 aliphatic carbocycles. The van der Waals surface area contributed by atoms with Gasteiger partial charge in [0.05, 0.1) is 13.3 Å². The van der Waals surface area contributed by atoms with Gasteiger partial charge in [-0.05, 0) is 36.2 Å². The minimum Gasteiger partial charge on any atom is -0.497 e. The molecule has 2 aromatic carbocycles. The van der Waals surface area contributed by atoms with Gasteiger partial charge in [-0.3, -0.25) is 10.4 Å². The van der Waals surface area contributed by atoms with E-state index in [1.807, 2.05) is 55.7 Å². The number of aromatic amines is 2. The lowest BCUT2D eigenvalue weighted by Gasteiger charge is -2.19. The summed E-state index contributed by atoms with van der Waals surface area (Å²) in [6.45, 7) is 2.02. The van der Waals surface area contributed by atoms with Gasteiger partial charge < -0.3 is 14.8 Å². The summed E-state index contributed by atoms with van der Waals surface area (Å²) < 4.78 is 5.28. The first-order chi connectivity index (χ1) is 13.2. The maximum atomic E-state index is 10.7. The third-order valence-corrected chi connectivity index (χ3v) is 4.84. The Balaban J connectivity index is 1.56. The molecular weight excluding hydrogens is 340 g/mol. The minimum absolute atomic E-state index is 0.0368. The first kappa shape index (κ1) is 17.3. The fraction of sp³-hybridized carbons (Fsp3) is 0.190. The van der Waals surface area contributed by atoms with Crippen LogP contribution in [0.5, 0.6) is 5.75 Å². The monoisotopic (exact) mass is 362 g/mol. The quantitative estimate of drug-likeness (QED) is 0.392. The second kappa shape index (κ2) is 7.26. The molecule has 0 aliphatic heterocycles. The van der Waals surface area contributed by atoms with Gasteiger partial charge in [-0.25, -0.2) is 0 Å². The number of hydrogen-bond donors (Lipinski definition) is 4. The number of ether oxygens (including phenoxy) is 1. The second-order valence-electron chi connectivity index (χ2n) is 6.56. The Morgan fingerprint density at radius 2 is 2.00 bits per heavy atom. The molecule has 4 rings (SSSR count). The van der Waals surface area contributed by atoms with E-state index in [0.29, 0.717) is 0 Å². The smallest absolute Gasteiger partial charge is 0.133 e. The molecule has 4 aromatic rings. The minimum atomic E-state index is -0.792. The van der Waals surface area contributed by atoms with Gasteiger partial charge in [0.2, 0.25) is 0 Å². The summed E-state index contributed by atoms with van der Waals surface area (Å²) in [5.41, 5.74) is 4.93. The number of benzene rings is 2.